The molecule has 1 unspecified atom stereocenters. The Morgan fingerprint density at radius 1 is 1.40 bits per heavy atom. The van der Waals surface area contributed by atoms with Crippen LogP contribution in [-0.4, -0.2) is 33.4 Å². The summed E-state index contributed by atoms with van der Waals surface area (Å²) in [6.07, 6.45) is 0.406. The maximum atomic E-state index is 12.3. The van der Waals surface area contributed by atoms with Crippen LogP contribution in [0.25, 0.3) is 0 Å². The van der Waals surface area contributed by atoms with Crippen LogP contribution in [0.4, 0.5) is 0 Å². The molecule has 0 aliphatic heterocycles. The molecule has 1 atom stereocenters. The molecule has 2 N–H and O–H groups in total. The number of carbonyl (C=O) groups is 1. The first-order valence-electron chi connectivity index (χ1n) is 7.18. The van der Waals surface area contributed by atoms with Gasteiger partial charge in [-0.05, 0) is 25.7 Å². The topological polar surface area (TPSA) is 67.2 Å². The number of amides is 1. The van der Waals surface area contributed by atoms with Gasteiger partial charge in [0.15, 0.2) is 0 Å². The third-order valence-electron chi connectivity index (χ3n) is 3.50. The Balaban J connectivity index is 2.78. The molecule has 20 heavy (non-hydrogen) atoms. The molecule has 0 radical (unpaired) electrons. The quantitative estimate of drug-likeness (QED) is 0.868. The average molecular weight is 281 g/mol. The first-order valence-corrected chi connectivity index (χ1v) is 7.18. The van der Waals surface area contributed by atoms with Gasteiger partial charge in [-0.1, -0.05) is 27.7 Å². The van der Waals surface area contributed by atoms with Gasteiger partial charge in [-0.15, -0.1) is 0 Å². The molecule has 0 aromatic carbocycles. The normalized spacial score (nSPS) is 13.3. The Hall–Kier alpha value is -1.36. The van der Waals surface area contributed by atoms with Gasteiger partial charge in [-0.25, -0.2) is 0 Å². The van der Waals surface area contributed by atoms with Crippen molar-refractivity contribution in [3.05, 3.63) is 17.0 Å². The molecule has 0 spiro atoms. The third-order valence-corrected chi connectivity index (χ3v) is 3.50. The van der Waals surface area contributed by atoms with E-state index in [1.54, 1.807) is 0 Å². The molecule has 0 saturated carbocycles. The fourth-order valence-corrected chi connectivity index (χ4v) is 2.04. The molecule has 1 rings (SSSR count). The molecular formula is C15H27N3O2. The van der Waals surface area contributed by atoms with Crippen LogP contribution in [0.15, 0.2) is 0 Å². The fraction of sp³-hybridized carbons (Fsp3) is 0.733. The van der Waals surface area contributed by atoms with Gasteiger partial charge in [0.2, 0.25) is 0 Å². The lowest BCUT2D eigenvalue weighted by molar-refractivity contribution is 0.0586. The second-order valence-electron chi connectivity index (χ2n) is 6.36. The van der Waals surface area contributed by atoms with Gasteiger partial charge in [0.25, 0.3) is 5.91 Å². The number of hydrogen-bond acceptors (Lipinski definition) is 3. The molecular weight excluding hydrogens is 254 g/mol. The summed E-state index contributed by atoms with van der Waals surface area (Å²) in [5.41, 5.74) is 1.99. The van der Waals surface area contributed by atoms with E-state index in [0.717, 1.165) is 24.4 Å². The highest BCUT2D eigenvalue weighted by atomic mass is 16.3. The van der Waals surface area contributed by atoms with Gasteiger partial charge in [0, 0.05) is 18.8 Å². The second-order valence-corrected chi connectivity index (χ2v) is 6.36. The number of nitrogens with zero attached hydrogens (tertiary/aromatic N) is 2. The van der Waals surface area contributed by atoms with Crippen molar-refractivity contribution in [2.75, 3.05) is 6.54 Å². The lowest BCUT2D eigenvalue weighted by Gasteiger charge is -2.25. The average Bonchev–Trinajstić information content (AvgIpc) is 2.60. The van der Waals surface area contributed by atoms with Crippen LogP contribution in [0.3, 0.4) is 0 Å². The monoisotopic (exact) mass is 281 g/mol. The number of nitrogens with one attached hydrogen (secondary N) is 1. The standard InChI is InChI=1S/C15H27N3O2/c1-7-8-18-11(3)13(10(2)17-18)14(20)16-9-12(19)15(4,5)6/h12,19H,7-9H2,1-6H3,(H,16,20). The molecule has 5 nitrogen and oxygen atoms in total. The van der Waals surface area contributed by atoms with Crippen molar-refractivity contribution in [2.45, 2.75) is 60.6 Å². The van der Waals surface area contributed by atoms with Gasteiger partial charge in [-0.2, -0.15) is 5.10 Å². The van der Waals surface area contributed by atoms with Crippen LogP contribution in [-0.2, 0) is 6.54 Å². The van der Waals surface area contributed by atoms with E-state index in [4.69, 9.17) is 0 Å². The zero-order valence-corrected chi connectivity index (χ0v) is 13.4. The van der Waals surface area contributed by atoms with Crippen LogP contribution in [0.2, 0.25) is 0 Å². The number of aliphatic hydroxyl groups is 1. The summed E-state index contributed by atoms with van der Waals surface area (Å²) < 4.78 is 1.87. The van der Waals surface area contributed by atoms with E-state index in [1.165, 1.54) is 0 Å². The van der Waals surface area contributed by atoms with E-state index in [2.05, 4.69) is 17.3 Å². The minimum absolute atomic E-state index is 0.161. The minimum atomic E-state index is -0.572. The van der Waals surface area contributed by atoms with E-state index in [0.29, 0.717) is 5.56 Å². The molecule has 0 saturated heterocycles. The van der Waals surface area contributed by atoms with E-state index >= 15 is 0 Å². The van der Waals surface area contributed by atoms with Crippen molar-refractivity contribution >= 4 is 5.91 Å². The summed E-state index contributed by atoms with van der Waals surface area (Å²) in [4.78, 5) is 12.3. The smallest absolute Gasteiger partial charge is 0.255 e. The van der Waals surface area contributed by atoms with Crippen molar-refractivity contribution in [1.29, 1.82) is 0 Å². The molecule has 5 heteroatoms. The summed E-state index contributed by atoms with van der Waals surface area (Å²) in [5.74, 6) is -0.161. The first kappa shape index (κ1) is 16.7. The molecule has 1 aromatic heterocycles. The highest BCUT2D eigenvalue weighted by Gasteiger charge is 2.24. The van der Waals surface area contributed by atoms with Gasteiger partial charge >= 0.3 is 0 Å². The Morgan fingerprint density at radius 2 is 2.00 bits per heavy atom. The minimum Gasteiger partial charge on any atom is -0.391 e. The summed E-state index contributed by atoms with van der Waals surface area (Å²) in [7, 11) is 0. The predicted molar refractivity (Wildman–Crippen MR) is 79.8 cm³/mol. The fourth-order valence-electron chi connectivity index (χ4n) is 2.04. The largest absolute Gasteiger partial charge is 0.391 e. The van der Waals surface area contributed by atoms with Gasteiger partial charge in [-0.3, -0.25) is 9.48 Å². The molecule has 0 fully saturated rings. The van der Waals surface area contributed by atoms with Crippen LogP contribution in [0.5, 0.6) is 0 Å². The molecule has 0 aliphatic rings. The highest BCUT2D eigenvalue weighted by Crippen LogP contribution is 2.19. The van der Waals surface area contributed by atoms with Crippen LogP contribution in [0.1, 0.15) is 55.9 Å². The lowest BCUT2D eigenvalue weighted by Crippen LogP contribution is -2.39. The second kappa shape index (κ2) is 6.39. The Bertz CT molecular complexity index is 472. The zero-order chi connectivity index (χ0) is 15.5. The molecule has 0 bridgehead atoms. The van der Waals surface area contributed by atoms with E-state index in [-0.39, 0.29) is 17.9 Å². The van der Waals surface area contributed by atoms with Crippen molar-refractivity contribution < 1.29 is 9.90 Å². The number of hydrogen-bond donors (Lipinski definition) is 2. The number of aryl methyl sites for hydroxylation is 2. The maximum absolute atomic E-state index is 12.3. The third kappa shape index (κ3) is 3.82. The Kier molecular flexibility index (Phi) is 5.34. The zero-order valence-electron chi connectivity index (χ0n) is 13.4. The number of carbonyl (C=O) groups excluding carboxylic acids is 1. The van der Waals surface area contributed by atoms with Gasteiger partial charge in [0.1, 0.15) is 0 Å². The lowest BCUT2D eigenvalue weighted by atomic mass is 9.89. The van der Waals surface area contributed by atoms with E-state index in [1.807, 2.05) is 39.3 Å². The maximum Gasteiger partial charge on any atom is 0.255 e. The molecule has 1 aromatic rings. The van der Waals surface area contributed by atoms with Crippen molar-refractivity contribution in [2.24, 2.45) is 5.41 Å². The molecule has 114 valence electrons. The molecule has 1 amide bonds. The van der Waals surface area contributed by atoms with Crippen LogP contribution in [0, 0.1) is 19.3 Å². The van der Waals surface area contributed by atoms with Crippen molar-refractivity contribution in [1.82, 2.24) is 15.1 Å². The molecule has 1 heterocycles. The summed E-state index contributed by atoms with van der Waals surface area (Å²) in [5, 5.41) is 17.2. The summed E-state index contributed by atoms with van der Waals surface area (Å²) in [6.45, 7) is 12.7. The van der Waals surface area contributed by atoms with Gasteiger partial charge < -0.3 is 10.4 Å². The molecule has 0 aliphatic carbocycles. The Morgan fingerprint density at radius 3 is 2.50 bits per heavy atom. The SMILES string of the molecule is CCCn1nc(C)c(C(=O)NCC(O)C(C)(C)C)c1C. The van der Waals surface area contributed by atoms with E-state index < -0.39 is 6.10 Å². The first-order chi connectivity index (χ1) is 9.18. The predicted octanol–water partition coefficient (Wildman–Crippen LogP) is 2.05. The van der Waals surface area contributed by atoms with Crippen LogP contribution >= 0.6 is 0 Å². The number of rotatable bonds is 5. The summed E-state index contributed by atoms with van der Waals surface area (Å²) in [6, 6.07) is 0. The van der Waals surface area contributed by atoms with Crippen molar-refractivity contribution in [3.63, 3.8) is 0 Å². The Labute approximate surface area is 121 Å². The highest BCUT2D eigenvalue weighted by molar-refractivity contribution is 5.96. The number of aromatic nitrogens is 2. The van der Waals surface area contributed by atoms with Crippen molar-refractivity contribution in [3.8, 4) is 0 Å². The van der Waals surface area contributed by atoms with Crippen LogP contribution < -0.4 is 5.32 Å². The number of aliphatic hydroxyl groups excluding tert-OH is 1. The summed E-state index contributed by atoms with van der Waals surface area (Å²) >= 11 is 0. The van der Waals surface area contributed by atoms with E-state index in [9.17, 15) is 9.90 Å². The van der Waals surface area contributed by atoms with Gasteiger partial charge in [0.05, 0.1) is 17.4 Å².